The number of benzene rings is 1. The molecule has 20 heavy (non-hydrogen) atoms. The first-order valence-corrected chi connectivity index (χ1v) is 7.62. The number of hydrogen-bond acceptors (Lipinski definition) is 5. The Hall–Kier alpha value is -1.99. The third-order valence-corrected chi connectivity index (χ3v) is 3.55. The topological polar surface area (TPSA) is 85.1 Å². The van der Waals surface area contributed by atoms with Gasteiger partial charge in [-0.15, -0.1) is 0 Å². The first-order chi connectivity index (χ1) is 9.55. The molecule has 0 saturated carbocycles. The van der Waals surface area contributed by atoms with Gasteiger partial charge in [0.2, 0.25) is 15.9 Å². The number of aryl methyl sites for hydroxylation is 1. The van der Waals surface area contributed by atoms with Gasteiger partial charge in [-0.05, 0) is 18.6 Å². The average Bonchev–Trinajstić information content (AvgIpc) is 2.83. The highest BCUT2D eigenvalue weighted by molar-refractivity contribution is 7.92. The number of nitrogens with one attached hydrogen (secondary N) is 1. The largest absolute Gasteiger partial charge is 0.339 e. The molecule has 2 aromatic rings. The summed E-state index contributed by atoms with van der Waals surface area (Å²) in [6.07, 6.45) is 1.90. The van der Waals surface area contributed by atoms with Crippen LogP contribution in [0.3, 0.4) is 0 Å². The van der Waals surface area contributed by atoms with Gasteiger partial charge in [0.05, 0.1) is 0 Å². The van der Waals surface area contributed by atoms with Gasteiger partial charge in [-0.25, -0.2) is 13.1 Å². The molecule has 0 unspecified atom stereocenters. The number of nitrogens with zero attached hydrogens (tertiary/aromatic N) is 2. The summed E-state index contributed by atoms with van der Waals surface area (Å²) in [6.45, 7) is 1.92. The molecule has 0 aliphatic heterocycles. The van der Waals surface area contributed by atoms with E-state index in [2.05, 4.69) is 14.9 Å². The lowest BCUT2D eigenvalue weighted by atomic mass is 10.2. The van der Waals surface area contributed by atoms with Crippen molar-refractivity contribution in [2.24, 2.45) is 0 Å². The minimum atomic E-state index is -3.46. The summed E-state index contributed by atoms with van der Waals surface area (Å²) in [5, 5.41) is 4.77. The molecule has 0 fully saturated rings. The van der Waals surface area contributed by atoms with Gasteiger partial charge >= 0.3 is 0 Å². The summed E-state index contributed by atoms with van der Waals surface area (Å²) in [5.41, 5.74) is 0.824. The van der Waals surface area contributed by atoms with E-state index in [1.165, 1.54) is 0 Å². The van der Waals surface area contributed by atoms with Crippen LogP contribution >= 0.6 is 0 Å². The summed E-state index contributed by atoms with van der Waals surface area (Å²) in [6, 6.07) is 9.21. The Bertz CT molecular complexity index is 678. The molecule has 0 aliphatic carbocycles. The Balaban J connectivity index is 1.86. The van der Waals surface area contributed by atoms with Gasteiger partial charge in [-0.3, -0.25) is 0 Å². The molecule has 0 aliphatic rings. The minimum absolute atomic E-state index is 0.211. The van der Waals surface area contributed by atoms with Crippen molar-refractivity contribution >= 4 is 16.1 Å². The van der Waals surface area contributed by atoms with E-state index >= 15 is 0 Å². The fraction of sp³-hybridized carbons (Fsp3) is 0.231. The van der Waals surface area contributed by atoms with Crippen LogP contribution in [0.5, 0.6) is 0 Å². The van der Waals surface area contributed by atoms with Crippen molar-refractivity contribution in [3.05, 3.63) is 53.0 Å². The highest BCUT2D eigenvalue weighted by Gasteiger charge is 2.07. The molecule has 0 bridgehead atoms. The smallest absolute Gasteiger partial charge is 0.233 e. The Labute approximate surface area is 117 Å². The van der Waals surface area contributed by atoms with Crippen LogP contribution in [0.15, 0.2) is 40.3 Å². The Kier molecular flexibility index (Phi) is 4.65. The van der Waals surface area contributed by atoms with Crippen molar-refractivity contribution in [2.45, 2.75) is 13.3 Å². The monoisotopic (exact) mass is 293 g/mol. The van der Waals surface area contributed by atoms with E-state index in [0.29, 0.717) is 18.1 Å². The van der Waals surface area contributed by atoms with Gasteiger partial charge in [0.25, 0.3) is 0 Å². The zero-order valence-corrected chi connectivity index (χ0v) is 11.8. The van der Waals surface area contributed by atoms with Gasteiger partial charge in [0, 0.05) is 18.4 Å². The van der Waals surface area contributed by atoms with Crippen LogP contribution in [0.2, 0.25) is 0 Å². The normalized spacial score (nSPS) is 12.1. The first kappa shape index (κ1) is 14.4. The molecular weight excluding hydrogens is 278 g/mol. The number of hydrogen-bond donors (Lipinski definition) is 1. The van der Waals surface area contributed by atoms with E-state index in [4.69, 9.17) is 4.52 Å². The summed E-state index contributed by atoms with van der Waals surface area (Å²) in [7, 11) is -3.46. The minimum Gasteiger partial charge on any atom is -0.339 e. The van der Waals surface area contributed by atoms with Crippen LogP contribution in [-0.2, 0) is 16.4 Å². The fourth-order valence-electron chi connectivity index (χ4n) is 1.52. The van der Waals surface area contributed by atoms with Crippen LogP contribution in [0.25, 0.3) is 6.08 Å². The van der Waals surface area contributed by atoms with Gasteiger partial charge in [0.1, 0.15) is 0 Å². The summed E-state index contributed by atoms with van der Waals surface area (Å²) in [5.74, 6) is 0.948. The van der Waals surface area contributed by atoms with E-state index in [1.54, 1.807) is 13.0 Å². The molecule has 2 rings (SSSR count). The molecule has 1 aromatic carbocycles. The second kappa shape index (κ2) is 6.44. The van der Waals surface area contributed by atoms with Crippen LogP contribution in [-0.4, -0.2) is 25.1 Å². The van der Waals surface area contributed by atoms with E-state index < -0.39 is 10.0 Å². The lowest BCUT2D eigenvalue weighted by molar-refractivity contribution is 0.375. The van der Waals surface area contributed by atoms with Crippen molar-refractivity contribution in [1.82, 2.24) is 14.9 Å². The van der Waals surface area contributed by atoms with Gasteiger partial charge in [-0.2, -0.15) is 4.98 Å². The third-order valence-electron chi connectivity index (χ3n) is 2.45. The number of sulfonamides is 1. The SMILES string of the molecule is Cc1noc(CCNS(=O)(=O)C=Cc2ccccc2)n1. The Morgan fingerprint density at radius 1 is 1.30 bits per heavy atom. The molecule has 1 aromatic heterocycles. The number of aromatic nitrogens is 2. The molecule has 6 nitrogen and oxygen atoms in total. The average molecular weight is 293 g/mol. The van der Waals surface area contributed by atoms with Crippen LogP contribution in [0, 0.1) is 6.92 Å². The highest BCUT2D eigenvalue weighted by atomic mass is 32.2. The van der Waals surface area contributed by atoms with Crippen molar-refractivity contribution in [1.29, 1.82) is 0 Å². The summed E-state index contributed by atoms with van der Waals surface area (Å²) < 4.78 is 30.8. The highest BCUT2D eigenvalue weighted by Crippen LogP contribution is 2.03. The standard InChI is InChI=1S/C13H15N3O3S/c1-11-15-13(19-16-11)7-9-14-20(17,18)10-8-12-5-3-2-4-6-12/h2-6,8,10,14H,7,9H2,1H3. The molecule has 0 saturated heterocycles. The molecular formula is C13H15N3O3S. The van der Waals surface area contributed by atoms with Gasteiger partial charge < -0.3 is 4.52 Å². The zero-order valence-electron chi connectivity index (χ0n) is 11.0. The van der Waals surface area contributed by atoms with Crippen molar-refractivity contribution in [3.63, 3.8) is 0 Å². The molecule has 1 heterocycles. The maximum atomic E-state index is 11.7. The van der Waals surface area contributed by atoms with E-state index in [-0.39, 0.29) is 6.54 Å². The predicted molar refractivity (Wildman–Crippen MR) is 75.1 cm³/mol. The summed E-state index contributed by atoms with van der Waals surface area (Å²) in [4.78, 5) is 3.99. The maximum absolute atomic E-state index is 11.7. The molecule has 0 radical (unpaired) electrons. The van der Waals surface area contributed by atoms with Crippen molar-refractivity contribution in [3.8, 4) is 0 Å². The molecule has 0 spiro atoms. The molecule has 0 amide bonds. The Morgan fingerprint density at radius 3 is 2.70 bits per heavy atom. The maximum Gasteiger partial charge on any atom is 0.233 e. The van der Waals surface area contributed by atoms with Crippen molar-refractivity contribution in [2.75, 3.05) is 6.54 Å². The van der Waals surface area contributed by atoms with Crippen LogP contribution < -0.4 is 4.72 Å². The Morgan fingerprint density at radius 2 is 2.05 bits per heavy atom. The molecule has 1 N–H and O–H groups in total. The quantitative estimate of drug-likeness (QED) is 0.872. The van der Waals surface area contributed by atoms with Gasteiger partial charge in [0.15, 0.2) is 5.82 Å². The third kappa shape index (κ3) is 4.60. The number of rotatable bonds is 6. The second-order valence-electron chi connectivity index (χ2n) is 4.14. The van der Waals surface area contributed by atoms with Crippen LogP contribution in [0.1, 0.15) is 17.3 Å². The molecule has 0 atom stereocenters. The second-order valence-corrected chi connectivity index (χ2v) is 5.79. The lowest BCUT2D eigenvalue weighted by Gasteiger charge is -2.00. The van der Waals surface area contributed by atoms with E-state index in [9.17, 15) is 8.42 Å². The summed E-state index contributed by atoms with van der Waals surface area (Å²) >= 11 is 0. The van der Waals surface area contributed by atoms with Crippen molar-refractivity contribution < 1.29 is 12.9 Å². The van der Waals surface area contributed by atoms with Gasteiger partial charge in [-0.1, -0.05) is 35.5 Å². The molecule has 7 heteroatoms. The molecule has 106 valence electrons. The van der Waals surface area contributed by atoms with Crippen LogP contribution in [0.4, 0.5) is 0 Å². The first-order valence-electron chi connectivity index (χ1n) is 6.07. The fourth-order valence-corrected chi connectivity index (χ4v) is 2.34. The predicted octanol–water partition coefficient (Wildman–Crippen LogP) is 1.51. The van der Waals surface area contributed by atoms with E-state index in [1.807, 2.05) is 30.3 Å². The van der Waals surface area contributed by atoms with E-state index in [0.717, 1.165) is 11.0 Å². The lowest BCUT2D eigenvalue weighted by Crippen LogP contribution is -2.23. The zero-order chi connectivity index (χ0) is 14.4.